The molecule has 0 spiro atoms. The van der Waals surface area contributed by atoms with Crippen molar-refractivity contribution in [3.63, 3.8) is 0 Å². The van der Waals surface area contributed by atoms with Crippen molar-refractivity contribution in [3.8, 4) is 23.0 Å². The number of alkyl halides is 2. The van der Waals surface area contributed by atoms with Crippen molar-refractivity contribution in [1.82, 2.24) is 28.4 Å². The molecule has 4 heterocycles. The Kier molecular flexibility index (Phi) is 8.13. The number of aromatic hydroxyl groups is 1. The van der Waals surface area contributed by atoms with Gasteiger partial charge in [-0.2, -0.15) is 0 Å². The Bertz CT molecular complexity index is 2380. The van der Waals surface area contributed by atoms with Crippen LogP contribution in [0.3, 0.4) is 0 Å². The summed E-state index contributed by atoms with van der Waals surface area (Å²) in [7, 11) is 5.85. The summed E-state index contributed by atoms with van der Waals surface area (Å²) in [6.45, 7) is 1.74. The highest BCUT2D eigenvalue weighted by Gasteiger charge is 2.74. The molecule has 51 heavy (non-hydrogen) atoms. The zero-order chi connectivity index (χ0) is 36.7. The molecular weight excluding hydrogens is 707 g/mol. The summed E-state index contributed by atoms with van der Waals surface area (Å²) in [6, 6.07) is 6.80. The molecular formula is C34H34Cl2N6O9. The predicted molar refractivity (Wildman–Crippen MR) is 185 cm³/mol. The van der Waals surface area contributed by atoms with E-state index >= 15 is 0 Å². The molecule has 268 valence electrons. The second-order valence-corrected chi connectivity index (χ2v) is 14.0. The number of carbonyl (C=O) groups is 2. The fourth-order valence-electron chi connectivity index (χ4n) is 7.69. The third-order valence-electron chi connectivity index (χ3n) is 10.2. The highest BCUT2D eigenvalue weighted by molar-refractivity contribution is 6.53. The quantitative estimate of drug-likeness (QED) is 0.160. The van der Waals surface area contributed by atoms with Crippen molar-refractivity contribution >= 4 is 46.0 Å². The largest absolute Gasteiger partial charge is 0.504 e. The van der Waals surface area contributed by atoms with Crippen LogP contribution in [0.1, 0.15) is 36.6 Å². The summed E-state index contributed by atoms with van der Waals surface area (Å²) in [6.07, 6.45) is 1.39. The average molecular weight is 742 g/mol. The fraction of sp³-hybridized carbons (Fsp3) is 0.412. The molecule has 3 aliphatic rings. The topological polar surface area (TPSA) is 169 Å². The van der Waals surface area contributed by atoms with Gasteiger partial charge in [-0.15, -0.1) is 23.2 Å². The number of rotatable bonds is 8. The second kappa shape index (κ2) is 12.0. The normalized spacial score (nSPS) is 23.9. The maximum atomic E-state index is 14.2. The van der Waals surface area contributed by atoms with Crippen LogP contribution in [-0.4, -0.2) is 82.9 Å². The van der Waals surface area contributed by atoms with E-state index < -0.39 is 50.5 Å². The number of likely N-dealkylation sites (tertiary alicyclic amines) is 1. The lowest BCUT2D eigenvalue weighted by Gasteiger charge is -2.49. The van der Waals surface area contributed by atoms with Crippen LogP contribution in [0.5, 0.6) is 23.0 Å². The smallest absolute Gasteiger partial charge is 0.347 e. The number of methoxy groups -OCH3 is 2. The summed E-state index contributed by atoms with van der Waals surface area (Å²) in [5.41, 5.74) is 0.230. The molecule has 1 aliphatic carbocycles. The van der Waals surface area contributed by atoms with E-state index in [1.807, 2.05) is 0 Å². The molecule has 7 rings (SSSR count). The van der Waals surface area contributed by atoms with Crippen molar-refractivity contribution < 1.29 is 28.9 Å². The van der Waals surface area contributed by atoms with E-state index in [4.69, 9.17) is 37.4 Å². The van der Waals surface area contributed by atoms with Gasteiger partial charge >= 0.3 is 11.4 Å². The van der Waals surface area contributed by atoms with Crippen LogP contribution in [0.15, 0.2) is 56.4 Å². The number of hydrogen-bond acceptors (Lipinski definition) is 10. The number of allylic oxidation sites excluding steroid dienone is 2. The van der Waals surface area contributed by atoms with E-state index in [0.717, 1.165) is 9.47 Å². The molecule has 2 fully saturated rings. The lowest BCUT2D eigenvalue weighted by molar-refractivity contribution is -0.137. The van der Waals surface area contributed by atoms with Crippen LogP contribution in [0, 0.1) is 0 Å². The number of aromatic nitrogens is 5. The number of hydrogen-bond donors (Lipinski definition) is 1. The number of aryl methyl sites for hydroxylation is 2. The number of amides is 2. The van der Waals surface area contributed by atoms with E-state index in [0.29, 0.717) is 33.7 Å². The van der Waals surface area contributed by atoms with Crippen LogP contribution in [0.25, 0.3) is 11.0 Å². The van der Waals surface area contributed by atoms with Gasteiger partial charge in [0.2, 0.25) is 0 Å². The van der Waals surface area contributed by atoms with E-state index in [-0.39, 0.29) is 49.7 Å². The van der Waals surface area contributed by atoms with Gasteiger partial charge in [0, 0.05) is 51.5 Å². The van der Waals surface area contributed by atoms with Crippen molar-refractivity contribution in [1.29, 1.82) is 0 Å². The van der Waals surface area contributed by atoms with Crippen LogP contribution < -0.4 is 31.1 Å². The maximum Gasteiger partial charge on any atom is 0.347 e. The van der Waals surface area contributed by atoms with Gasteiger partial charge in [-0.3, -0.25) is 19.3 Å². The molecule has 4 atom stereocenters. The summed E-state index contributed by atoms with van der Waals surface area (Å²) < 4.78 is 21.3. The fourth-order valence-corrected chi connectivity index (χ4v) is 8.69. The Morgan fingerprint density at radius 1 is 0.961 bits per heavy atom. The molecule has 4 aromatic rings. The minimum Gasteiger partial charge on any atom is -0.504 e. The Labute approximate surface area is 299 Å². The number of halogens is 2. The van der Waals surface area contributed by atoms with Gasteiger partial charge in [0.1, 0.15) is 5.69 Å². The van der Waals surface area contributed by atoms with Gasteiger partial charge in [0.25, 0.3) is 17.4 Å². The average Bonchev–Trinajstić information content (AvgIpc) is 3.43. The van der Waals surface area contributed by atoms with Gasteiger partial charge in [0.15, 0.2) is 32.7 Å². The van der Waals surface area contributed by atoms with Gasteiger partial charge in [-0.1, -0.05) is 12.1 Å². The summed E-state index contributed by atoms with van der Waals surface area (Å²) in [4.78, 5) is 70.3. The van der Waals surface area contributed by atoms with Crippen LogP contribution in [0.2, 0.25) is 0 Å². The number of phenols is 1. The van der Waals surface area contributed by atoms with Crippen LogP contribution in [-0.2, 0) is 36.1 Å². The predicted octanol–water partition coefficient (Wildman–Crippen LogP) is 2.05. The highest BCUT2D eigenvalue weighted by atomic mass is 35.5. The first kappa shape index (κ1) is 34.4. The number of phenolic OH excluding ortho intramolecular Hbond substituents is 1. The van der Waals surface area contributed by atoms with Gasteiger partial charge in [0.05, 0.1) is 44.4 Å². The summed E-state index contributed by atoms with van der Waals surface area (Å²) >= 11 is 14.4. The molecule has 0 radical (unpaired) electrons. The molecule has 1 saturated carbocycles. The minimum absolute atomic E-state index is 0.0561. The monoisotopic (exact) mass is 740 g/mol. The van der Waals surface area contributed by atoms with Crippen LogP contribution in [0.4, 0.5) is 0 Å². The van der Waals surface area contributed by atoms with Crippen LogP contribution >= 0.6 is 23.2 Å². The lowest BCUT2D eigenvalue weighted by Crippen LogP contribution is -2.59. The molecule has 2 aliphatic heterocycles. The second-order valence-electron chi connectivity index (χ2n) is 12.7. The Hall–Kier alpha value is -5.02. The van der Waals surface area contributed by atoms with E-state index in [2.05, 4.69) is 4.98 Å². The molecule has 1 N–H and O–H groups in total. The Morgan fingerprint density at radius 3 is 2.35 bits per heavy atom. The number of carbonyl (C=O) groups excluding carboxylic acids is 2. The highest BCUT2D eigenvalue weighted by Crippen LogP contribution is 2.63. The van der Waals surface area contributed by atoms with E-state index in [1.165, 1.54) is 47.3 Å². The first-order chi connectivity index (χ1) is 24.2. The molecule has 2 amide bonds. The van der Waals surface area contributed by atoms with Crippen molar-refractivity contribution in [3.05, 3.63) is 84.6 Å². The molecule has 0 unspecified atom stereocenters. The summed E-state index contributed by atoms with van der Waals surface area (Å²) in [5.74, 6) is -1.69. The van der Waals surface area contributed by atoms with Crippen molar-refractivity contribution in [2.45, 2.75) is 54.6 Å². The zero-order valence-electron chi connectivity index (χ0n) is 28.3. The minimum atomic E-state index is -2.01. The molecule has 17 heteroatoms. The molecule has 0 bridgehead atoms. The standard InChI is InChI=1S/C34H34Cl2N6O9/c1-6-51-24-13-17(7-8-23(24)43)27-18-9-12-41-31(47)40(32(48)42(41)22(18)16-33(35)29(45)39(3)30(46)34(27,33)36)11-10-19-28(44)38(2)21-15-26(50-5)25(49-4)14-20(21)37-19/h7-9,13-15,22,27,43H,6,10-12,16H2,1-5H3/t22-,27+,33-,34+/m1/s1. The number of nitrogens with zero attached hydrogens (tertiary/aromatic N) is 6. The SMILES string of the molecule is CCOc1cc([C@H]2C3=CCn4c(=O)n(CCc5nc6cc(OC)c(OC)cc6n(C)c5=O)c(=O)n4[C@@H]3C[C@@]3(Cl)C(=O)N(C)C(=O)[C@@]23Cl)ccc1O. The first-order valence-electron chi connectivity index (χ1n) is 16.1. The number of imide groups is 1. The first-order valence-corrected chi connectivity index (χ1v) is 16.9. The van der Waals surface area contributed by atoms with Crippen molar-refractivity contribution in [2.75, 3.05) is 27.9 Å². The third kappa shape index (κ3) is 4.70. The molecule has 2 aromatic carbocycles. The number of benzene rings is 2. The zero-order valence-corrected chi connectivity index (χ0v) is 29.8. The Morgan fingerprint density at radius 2 is 1.67 bits per heavy atom. The van der Waals surface area contributed by atoms with E-state index in [9.17, 15) is 29.1 Å². The summed E-state index contributed by atoms with van der Waals surface area (Å²) in [5, 5.41) is 10.4. The Balaban J connectivity index is 1.31. The van der Waals surface area contributed by atoms with E-state index in [1.54, 1.807) is 38.2 Å². The number of fused-ring (bicyclic) bond motifs is 5. The third-order valence-corrected chi connectivity index (χ3v) is 11.6. The lowest BCUT2D eigenvalue weighted by atomic mass is 9.64. The number of ether oxygens (including phenoxy) is 3. The molecule has 15 nitrogen and oxygen atoms in total. The van der Waals surface area contributed by atoms with Gasteiger partial charge < -0.3 is 23.9 Å². The molecule has 2 aromatic heterocycles. The van der Waals surface area contributed by atoms with Gasteiger partial charge in [-0.05, 0) is 30.2 Å². The van der Waals surface area contributed by atoms with Crippen molar-refractivity contribution in [2.24, 2.45) is 7.05 Å². The molecule has 1 saturated heterocycles. The maximum absolute atomic E-state index is 14.2. The van der Waals surface area contributed by atoms with Gasteiger partial charge in [-0.25, -0.2) is 28.5 Å².